The third-order valence-corrected chi connectivity index (χ3v) is 2.02. The second kappa shape index (κ2) is 3.40. The van der Waals surface area contributed by atoms with Crippen LogP contribution in [0.2, 0.25) is 0 Å². The molecule has 0 unspecified atom stereocenters. The molecule has 0 saturated heterocycles. The van der Waals surface area contributed by atoms with Crippen molar-refractivity contribution in [2.75, 3.05) is 10.5 Å². The quantitative estimate of drug-likeness (QED) is 0.717. The Bertz CT molecular complexity index is 429. The minimum atomic E-state index is -3.68. The first kappa shape index (κ1) is 9.47. The van der Waals surface area contributed by atoms with Crippen molar-refractivity contribution < 1.29 is 12.9 Å². The van der Waals surface area contributed by atoms with Crippen molar-refractivity contribution in [1.29, 1.82) is 5.26 Å². The minimum Gasteiger partial charge on any atom is -0.314 e. The number of aromatic nitrogens is 2. The maximum absolute atomic E-state index is 10.9. The second-order valence-electron chi connectivity index (χ2n) is 2.17. The highest BCUT2D eigenvalue weighted by atomic mass is 32.2. The van der Waals surface area contributed by atoms with Crippen molar-refractivity contribution in [1.82, 2.24) is 10.1 Å². The number of nitrogens with one attached hydrogen (secondary N) is 1. The van der Waals surface area contributed by atoms with E-state index in [0.717, 1.165) is 0 Å². The Morgan fingerprint density at radius 1 is 1.69 bits per heavy atom. The Kier molecular flexibility index (Phi) is 2.48. The van der Waals surface area contributed by atoms with Gasteiger partial charge < -0.3 is 4.52 Å². The molecule has 1 aromatic heterocycles. The SMILES string of the molecule is Cc1noc(NS(=O)(=O)CC#N)n1. The Hall–Kier alpha value is -1.62. The van der Waals surface area contributed by atoms with E-state index in [4.69, 9.17) is 5.26 Å². The lowest BCUT2D eigenvalue weighted by atomic mass is 10.8. The van der Waals surface area contributed by atoms with Crippen LogP contribution in [0.3, 0.4) is 0 Å². The molecule has 13 heavy (non-hydrogen) atoms. The van der Waals surface area contributed by atoms with Crippen LogP contribution >= 0.6 is 0 Å². The Morgan fingerprint density at radius 2 is 2.38 bits per heavy atom. The highest BCUT2D eigenvalue weighted by Gasteiger charge is 2.13. The van der Waals surface area contributed by atoms with Gasteiger partial charge in [-0.25, -0.2) is 13.1 Å². The van der Waals surface area contributed by atoms with E-state index >= 15 is 0 Å². The number of hydrogen-bond acceptors (Lipinski definition) is 6. The standard InChI is InChI=1S/C5H6N4O3S/c1-4-7-5(12-8-4)9-13(10,11)3-2-6/h3H2,1H3,(H,7,8,9). The number of rotatable bonds is 3. The predicted octanol–water partition coefficient (Wildman–Crippen LogP) is -0.357. The van der Waals surface area contributed by atoms with E-state index in [0.29, 0.717) is 5.82 Å². The fraction of sp³-hybridized carbons (Fsp3) is 0.400. The maximum atomic E-state index is 10.9. The zero-order chi connectivity index (χ0) is 9.90. The lowest BCUT2D eigenvalue weighted by molar-refractivity contribution is 0.429. The zero-order valence-electron chi connectivity index (χ0n) is 6.68. The Balaban J connectivity index is 2.76. The van der Waals surface area contributed by atoms with Crippen molar-refractivity contribution in [3.63, 3.8) is 0 Å². The summed E-state index contributed by atoms with van der Waals surface area (Å²) in [5.74, 6) is -0.330. The van der Waals surface area contributed by atoms with Crippen molar-refractivity contribution in [3.05, 3.63) is 5.82 Å². The molecule has 1 aromatic rings. The second-order valence-corrected chi connectivity index (χ2v) is 3.89. The van der Waals surface area contributed by atoms with Gasteiger partial charge in [-0.3, -0.25) is 0 Å². The van der Waals surface area contributed by atoms with E-state index in [9.17, 15) is 8.42 Å². The highest BCUT2D eigenvalue weighted by Crippen LogP contribution is 2.04. The Morgan fingerprint density at radius 3 is 2.85 bits per heavy atom. The number of nitrogens with zero attached hydrogens (tertiary/aromatic N) is 3. The van der Waals surface area contributed by atoms with Gasteiger partial charge in [-0.2, -0.15) is 10.2 Å². The van der Waals surface area contributed by atoms with E-state index < -0.39 is 15.8 Å². The smallest absolute Gasteiger partial charge is 0.314 e. The monoisotopic (exact) mass is 202 g/mol. The van der Waals surface area contributed by atoms with Crippen LogP contribution in [0.5, 0.6) is 0 Å². The summed E-state index contributed by atoms with van der Waals surface area (Å²) < 4.78 is 28.3. The van der Waals surface area contributed by atoms with Gasteiger partial charge in [0.25, 0.3) is 0 Å². The molecule has 8 heteroatoms. The minimum absolute atomic E-state index is 0.229. The fourth-order valence-corrected chi connectivity index (χ4v) is 1.18. The molecule has 70 valence electrons. The number of nitriles is 1. The lowest BCUT2D eigenvalue weighted by Gasteiger charge is -1.96. The van der Waals surface area contributed by atoms with E-state index in [1.54, 1.807) is 6.92 Å². The first-order valence-corrected chi connectivity index (χ1v) is 4.86. The van der Waals surface area contributed by atoms with E-state index in [-0.39, 0.29) is 6.01 Å². The largest absolute Gasteiger partial charge is 0.335 e. The van der Waals surface area contributed by atoms with Crippen LogP contribution in [-0.4, -0.2) is 24.3 Å². The molecule has 0 radical (unpaired) electrons. The summed E-state index contributed by atoms with van der Waals surface area (Å²) in [5, 5.41) is 11.5. The summed E-state index contributed by atoms with van der Waals surface area (Å²) in [5.41, 5.74) is 0. The molecule has 1 N–H and O–H groups in total. The summed E-state index contributed by atoms with van der Waals surface area (Å²) in [6.45, 7) is 1.55. The number of hydrogen-bond donors (Lipinski definition) is 1. The third kappa shape index (κ3) is 2.72. The van der Waals surface area contributed by atoms with Crippen molar-refractivity contribution in [2.24, 2.45) is 0 Å². The first-order chi connectivity index (χ1) is 6.03. The fourth-order valence-electron chi connectivity index (χ4n) is 0.593. The van der Waals surface area contributed by atoms with Crippen molar-refractivity contribution >= 4 is 16.0 Å². The van der Waals surface area contributed by atoms with Crippen LogP contribution in [-0.2, 0) is 10.0 Å². The third-order valence-electron chi connectivity index (χ3n) is 1.02. The van der Waals surface area contributed by atoms with Gasteiger partial charge in [0.05, 0.1) is 6.07 Å². The first-order valence-electron chi connectivity index (χ1n) is 3.21. The van der Waals surface area contributed by atoms with Crippen LogP contribution in [0.4, 0.5) is 6.01 Å². The van der Waals surface area contributed by atoms with Crippen LogP contribution in [0.25, 0.3) is 0 Å². The van der Waals surface area contributed by atoms with E-state index in [1.165, 1.54) is 6.07 Å². The highest BCUT2D eigenvalue weighted by molar-refractivity contribution is 7.92. The summed E-state index contributed by atoms with van der Waals surface area (Å²) in [7, 11) is -3.68. The molecule has 0 fully saturated rings. The van der Waals surface area contributed by atoms with Crippen LogP contribution in [0.15, 0.2) is 4.52 Å². The molecule has 0 aromatic carbocycles. The van der Waals surface area contributed by atoms with Gasteiger partial charge in [0.2, 0.25) is 10.0 Å². The molecule has 1 heterocycles. The lowest BCUT2D eigenvalue weighted by Crippen LogP contribution is -2.15. The van der Waals surface area contributed by atoms with Crippen LogP contribution in [0, 0.1) is 18.3 Å². The van der Waals surface area contributed by atoms with Gasteiger partial charge in [0.15, 0.2) is 11.6 Å². The molecule has 0 saturated carbocycles. The van der Waals surface area contributed by atoms with Gasteiger partial charge in [-0.15, -0.1) is 0 Å². The van der Waals surface area contributed by atoms with Gasteiger partial charge >= 0.3 is 6.01 Å². The van der Waals surface area contributed by atoms with Crippen LogP contribution in [0.1, 0.15) is 5.82 Å². The number of aryl methyl sites for hydroxylation is 1. The molecule has 0 atom stereocenters. The van der Waals surface area contributed by atoms with E-state index in [2.05, 4.69) is 14.7 Å². The molecule has 1 rings (SSSR count). The normalized spacial score (nSPS) is 10.8. The molecule has 0 bridgehead atoms. The molecule has 0 aliphatic heterocycles. The van der Waals surface area contributed by atoms with Crippen molar-refractivity contribution in [3.8, 4) is 6.07 Å². The summed E-state index contributed by atoms with van der Waals surface area (Å²) in [6.07, 6.45) is 0. The van der Waals surface area contributed by atoms with Gasteiger partial charge in [-0.1, -0.05) is 5.16 Å². The molecule has 7 nitrogen and oxygen atoms in total. The summed E-state index contributed by atoms with van der Waals surface area (Å²) in [4.78, 5) is 3.60. The summed E-state index contributed by atoms with van der Waals surface area (Å²) in [6, 6.07) is 1.27. The van der Waals surface area contributed by atoms with Gasteiger partial charge in [0.1, 0.15) is 0 Å². The molecular formula is C5H6N4O3S. The van der Waals surface area contributed by atoms with Gasteiger partial charge in [0, 0.05) is 0 Å². The topological polar surface area (TPSA) is 109 Å². The van der Waals surface area contributed by atoms with Crippen LogP contribution < -0.4 is 4.72 Å². The average Bonchev–Trinajstić information content (AvgIpc) is 2.34. The summed E-state index contributed by atoms with van der Waals surface area (Å²) >= 11 is 0. The molecule has 0 aliphatic carbocycles. The van der Waals surface area contributed by atoms with Gasteiger partial charge in [-0.05, 0) is 6.92 Å². The average molecular weight is 202 g/mol. The maximum Gasteiger partial charge on any atom is 0.335 e. The molecular weight excluding hydrogens is 196 g/mol. The van der Waals surface area contributed by atoms with E-state index in [1.807, 2.05) is 4.72 Å². The number of anilines is 1. The molecule has 0 amide bonds. The predicted molar refractivity (Wildman–Crippen MR) is 42.1 cm³/mol. The molecule has 0 spiro atoms. The van der Waals surface area contributed by atoms with Crippen molar-refractivity contribution in [2.45, 2.75) is 6.92 Å². The molecule has 0 aliphatic rings. The zero-order valence-corrected chi connectivity index (χ0v) is 7.50. The number of sulfonamides is 1. The Labute approximate surface area is 74.4 Å².